The van der Waals surface area contributed by atoms with Crippen molar-refractivity contribution in [3.63, 3.8) is 0 Å². The van der Waals surface area contributed by atoms with E-state index in [1.807, 2.05) is 0 Å². The summed E-state index contributed by atoms with van der Waals surface area (Å²) >= 11 is 14.4. The summed E-state index contributed by atoms with van der Waals surface area (Å²) in [6, 6.07) is 12.6. The molecule has 0 atom stereocenters. The summed E-state index contributed by atoms with van der Waals surface area (Å²) < 4.78 is 24.0. The van der Waals surface area contributed by atoms with Crippen molar-refractivity contribution in [3.8, 4) is 17.2 Å². The van der Waals surface area contributed by atoms with E-state index in [9.17, 15) is 14.0 Å². The molecule has 31 heavy (non-hydrogen) atoms. The van der Waals surface area contributed by atoms with E-state index in [4.69, 9.17) is 50.0 Å². The molecule has 0 saturated carbocycles. The normalized spacial score (nSPS) is 10.3. The summed E-state index contributed by atoms with van der Waals surface area (Å²) in [4.78, 5) is 25.2. The van der Waals surface area contributed by atoms with Crippen LogP contribution in [0.2, 0.25) is 0 Å². The van der Waals surface area contributed by atoms with Crippen LogP contribution in [0.4, 0.5) is 10.2 Å². The molecule has 0 radical (unpaired) electrons. The van der Waals surface area contributed by atoms with Gasteiger partial charge >= 0.3 is 0 Å². The molecule has 0 aliphatic heterocycles. The average molecular weight is 488 g/mol. The Bertz CT molecular complexity index is 1120. The van der Waals surface area contributed by atoms with Crippen molar-refractivity contribution >= 4 is 46.4 Å². The minimum atomic E-state index is -0.750. The van der Waals surface area contributed by atoms with Crippen LogP contribution in [0.5, 0.6) is 11.5 Å². The van der Waals surface area contributed by atoms with Gasteiger partial charge in [0.25, 0.3) is 5.56 Å². The van der Waals surface area contributed by atoms with E-state index in [-0.39, 0.29) is 16.9 Å². The predicted octanol–water partition coefficient (Wildman–Crippen LogP) is 4.79. The Morgan fingerprint density at radius 1 is 1.00 bits per heavy atom. The number of nitrogens with zero attached hydrogens (tertiary/aromatic N) is 1. The highest BCUT2D eigenvalue weighted by molar-refractivity contribution is 6.63. The predicted molar refractivity (Wildman–Crippen MR) is 121 cm³/mol. The second-order valence-electron chi connectivity index (χ2n) is 5.93. The highest BCUT2D eigenvalue weighted by Crippen LogP contribution is 2.29. The Labute approximate surface area is 192 Å². The number of anilines is 1. The van der Waals surface area contributed by atoms with E-state index in [0.29, 0.717) is 17.2 Å². The molecule has 0 bridgehead atoms. The first kappa shape index (κ1) is 24.5. The molecule has 0 aliphatic rings. The zero-order valence-electron chi connectivity index (χ0n) is 16.4. The van der Waals surface area contributed by atoms with E-state index in [2.05, 4.69) is 0 Å². The number of rotatable bonds is 5. The first-order chi connectivity index (χ1) is 14.7. The monoisotopic (exact) mass is 486 g/mol. The number of benzene rings is 2. The molecule has 0 amide bonds. The molecule has 164 valence electrons. The minimum absolute atomic E-state index is 0.0414. The lowest BCUT2D eigenvalue weighted by molar-refractivity contribution is 0.103. The number of nitrogen functional groups attached to an aromatic ring is 1. The number of ether oxygens (including phenoxy) is 2. The summed E-state index contributed by atoms with van der Waals surface area (Å²) in [6.07, 6.45) is 0. The SMILES string of the molecule is COc1ccc(-n2c(N)c(C(=O)c3ccc(F)cc3)ccc2=O)c(OC)c1.ClC(Cl)Cl. The van der Waals surface area contributed by atoms with Gasteiger partial charge in [-0.15, -0.1) is 0 Å². The fraction of sp³-hybridized carbons (Fsp3) is 0.143. The molecule has 0 saturated heterocycles. The summed E-state index contributed by atoms with van der Waals surface area (Å²) in [6.45, 7) is 0. The molecular formula is C21H18Cl3FN2O4. The zero-order chi connectivity index (χ0) is 23.1. The number of hydrogen-bond acceptors (Lipinski definition) is 5. The Balaban J connectivity index is 0.000000785. The van der Waals surface area contributed by atoms with Crippen molar-refractivity contribution < 1.29 is 18.7 Å². The van der Waals surface area contributed by atoms with Crippen LogP contribution in [0.25, 0.3) is 5.69 Å². The van der Waals surface area contributed by atoms with Gasteiger partial charge in [0.15, 0.2) is 10.1 Å². The van der Waals surface area contributed by atoms with Crippen molar-refractivity contribution in [2.45, 2.75) is 4.30 Å². The first-order valence-electron chi connectivity index (χ1n) is 8.66. The van der Waals surface area contributed by atoms with E-state index in [0.717, 1.165) is 0 Å². The van der Waals surface area contributed by atoms with Crippen LogP contribution in [-0.2, 0) is 0 Å². The van der Waals surface area contributed by atoms with Gasteiger partial charge in [0, 0.05) is 17.7 Å². The van der Waals surface area contributed by atoms with Gasteiger partial charge in [0.05, 0.1) is 25.5 Å². The van der Waals surface area contributed by atoms with E-state index < -0.39 is 21.5 Å². The smallest absolute Gasteiger partial charge is 0.256 e. The molecule has 3 rings (SSSR count). The maximum absolute atomic E-state index is 13.1. The Morgan fingerprint density at radius 2 is 1.61 bits per heavy atom. The third-order valence-electron chi connectivity index (χ3n) is 4.11. The maximum Gasteiger partial charge on any atom is 0.256 e. The van der Waals surface area contributed by atoms with E-state index >= 15 is 0 Å². The molecule has 2 N–H and O–H groups in total. The van der Waals surface area contributed by atoms with Gasteiger partial charge in [-0.2, -0.15) is 0 Å². The van der Waals surface area contributed by atoms with E-state index in [1.165, 1.54) is 55.2 Å². The fourth-order valence-corrected chi connectivity index (χ4v) is 2.72. The molecule has 3 aromatic rings. The lowest BCUT2D eigenvalue weighted by Crippen LogP contribution is -2.24. The molecule has 1 aromatic heterocycles. The molecular weight excluding hydrogens is 470 g/mol. The summed E-state index contributed by atoms with van der Waals surface area (Å²) in [7, 11) is 2.96. The highest BCUT2D eigenvalue weighted by Gasteiger charge is 2.19. The number of hydrogen-bond donors (Lipinski definition) is 1. The van der Waals surface area contributed by atoms with Crippen molar-refractivity contribution in [1.29, 1.82) is 0 Å². The van der Waals surface area contributed by atoms with Crippen molar-refractivity contribution in [1.82, 2.24) is 4.57 Å². The minimum Gasteiger partial charge on any atom is -0.497 e. The fourth-order valence-electron chi connectivity index (χ4n) is 2.72. The van der Waals surface area contributed by atoms with Crippen LogP contribution in [-0.4, -0.2) is 28.9 Å². The quantitative estimate of drug-likeness (QED) is 0.413. The highest BCUT2D eigenvalue weighted by atomic mass is 35.6. The second-order valence-corrected chi connectivity index (χ2v) is 7.91. The summed E-state index contributed by atoms with van der Waals surface area (Å²) in [5, 5.41) is 0. The Kier molecular flexibility index (Phi) is 8.74. The van der Waals surface area contributed by atoms with Crippen molar-refractivity contribution in [3.05, 3.63) is 81.9 Å². The number of carbonyl (C=O) groups excluding carboxylic acids is 1. The molecule has 2 aromatic carbocycles. The number of nitrogens with two attached hydrogens (primary N) is 1. The largest absolute Gasteiger partial charge is 0.497 e. The number of pyridine rings is 1. The number of alkyl halides is 3. The van der Waals surface area contributed by atoms with Gasteiger partial charge in [0.2, 0.25) is 0 Å². The topological polar surface area (TPSA) is 83.5 Å². The van der Waals surface area contributed by atoms with Crippen LogP contribution in [0.1, 0.15) is 15.9 Å². The molecule has 0 spiro atoms. The standard InChI is InChI=1S/C20H17FN2O4.CHCl3/c1-26-14-7-9-16(17(11-14)27-2)23-18(24)10-8-15(20(23)22)19(25)12-3-5-13(21)6-4-12;2-1(3)4/h3-11H,22H2,1-2H3;1H. The first-order valence-corrected chi connectivity index (χ1v) is 9.97. The Morgan fingerprint density at radius 3 is 2.16 bits per heavy atom. The van der Waals surface area contributed by atoms with Crippen LogP contribution < -0.4 is 20.8 Å². The average Bonchev–Trinajstić information content (AvgIpc) is 2.73. The van der Waals surface area contributed by atoms with Gasteiger partial charge in [0.1, 0.15) is 23.1 Å². The molecule has 10 heteroatoms. The van der Waals surface area contributed by atoms with Crippen LogP contribution in [0.3, 0.4) is 0 Å². The lowest BCUT2D eigenvalue weighted by Gasteiger charge is -2.16. The molecule has 0 unspecified atom stereocenters. The number of halogens is 4. The molecule has 0 fully saturated rings. The molecule has 6 nitrogen and oxygen atoms in total. The van der Waals surface area contributed by atoms with Gasteiger partial charge in [-0.3, -0.25) is 14.2 Å². The third-order valence-corrected chi connectivity index (χ3v) is 4.11. The van der Waals surface area contributed by atoms with Gasteiger partial charge in [-0.05, 0) is 42.5 Å². The van der Waals surface area contributed by atoms with Crippen LogP contribution >= 0.6 is 34.8 Å². The Hall–Kier alpha value is -2.74. The van der Waals surface area contributed by atoms with Gasteiger partial charge in [-0.1, -0.05) is 34.8 Å². The summed E-state index contributed by atoms with van der Waals surface area (Å²) in [5.41, 5.74) is 6.49. The second kappa shape index (κ2) is 11.0. The maximum atomic E-state index is 13.1. The zero-order valence-corrected chi connectivity index (χ0v) is 18.7. The van der Waals surface area contributed by atoms with Crippen LogP contribution in [0.15, 0.2) is 59.4 Å². The van der Waals surface area contributed by atoms with Crippen molar-refractivity contribution in [2.75, 3.05) is 20.0 Å². The van der Waals surface area contributed by atoms with E-state index in [1.54, 1.807) is 18.2 Å². The van der Waals surface area contributed by atoms with Crippen molar-refractivity contribution in [2.24, 2.45) is 0 Å². The molecule has 1 heterocycles. The molecule has 0 aliphatic carbocycles. The number of aromatic nitrogens is 1. The number of methoxy groups -OCH3 is 2. The van der Waals surface area contributed by atoms with Gasteiger partial charge in [-0.25, -0.2) is 4.39 Å². The number of ketones is 1. The van der Waals surface area contributed by atoms with Crippen LogP contribution in [0, 0.1) is 5.82 Å². The lowest BCUT2D eigenvalue weighted by atomic mass is 10.0. The third kappa shape index (κ3) is 6.13. The number of carbonyl (C=O) groups is 1. The summed E-state index contributed by atoms with van der Waals surface area (Å²) in [5.74, 6) is -0.0169. The van der Waals surface area contributed by atoms with Gasteiger partial charge < -0.3 is 15.2 Å².